The van der Waals surface area contributed by atoms with E-state index in [1.165, 1.54) is 22.7 Å². The van der Waals surface area contributed by atoms with Crippen LogP contribution in [0.5, 0.6) is 0 Å². The highest BCUT2D eigenvalue weighted by Gasteiger charge is 2.53. The Kier molecular flexibility index (Phi) is 9.16. The Morgan fingerprint density at radius 2 is 1.00 bits per heavy atom. The maximum atomic E-state index is 14.6. The first-order chi connectivity index (χ1) is 26.3. The van der Waals surface area contributed by atoms with Crippen LogP contribution in [0.25, 0.3) is 40.9 Å². The molecule has 8 nitrogen and oxygen atoms in total. The summed E-state index contributed by atoms with van der Waals surface area (Å²) in [6, 6.07) is 4.16. The van der Waals surface area contributed by atoms with E-state index in [0.717, 1.165) is 66.5 Å². The van der Waals surface area contributed by atoms with Gasteiger partial charge in [0.1, 0.15) is 28.5 Å². The van der Waals surface area contributed by atoms with Crippen LogP contribution in [-0.4, -0.2) is 62.2 Å². The number of halogens is 3. The number of aliphatic imine (C=N–C) groups is 2. The van der Waals surface area contributed by atoms with Crippen LogP contribution in [0.15, 0.2) is 22.1 Å². The molecule has 55 heavy (non-hydrogen) atoms. The molecule has 14 heteroatoms. The van der Waals surface area contributed by atoms with Gasteiger partial charge in [-0.15, -0.1) is 34.0 Å². The largest absolute Gasteiger partial charge is 0.334 e. The second-order valence-electron chi connectivity index (χ2n) is 16.3. The van der Waals surface area contributed by atoms with Gasteiger partial charge in [0.05, 0.1) is 40.9 Å². The number of ketones is 4. The van der Waals surface area contributed by atoms with E-state index in [1.54, 1.807) is 18.3 Å². The minimum atomic E-state index is -1.76. The average molecular weight is 809 g/mol. The lowest BCUT2D eigenvalue weighted by molar-refractivity contribution is -0.123. The molecule has 4 aliphatic carbocycles. The van der Waals surface area contributed by atoms with Crippen molar-refractivity contribution in [1.82, 2.24) is 9.13 Å². The number of Topliss-reactive ketones (excluding diaryl/α,β-unsaturated/α-hetero) is 4. The molecule has 10 atom stereocenters. The highest BCUT2D eigenvalue weighted by molar-refractivity contribution is 7.35. The van der Waals surface area contributed by atoms with Gasteiger partial charge in [-0.25, -0.2) is 23.2 Å². The van der Waals surface area contributed by atoms with E-state index in [9.17, 15) is 32.3 Å². The molecule has 10 unspecified atom stereocenters. The van der Waals surface area contributed by atoms with Crippen LogP contribution >= 0.6 is 34.0 Å². The number of aromatic nitrogens is 2. The summed E-state index contributed by atoms with van der Waals surface area (Å²) < 4.78 is 52.1. The zero-order valence-corrected chi connectivity index (χ0v) is 33.8. The Morgan fingerprint density at radius 3 is 1.40 bits per heavy atom. The molecule has 0 radical (unpaired) electrons. The molecule has 9 rings (SSSR count). The normalized spacial score (nSPS) is 30.5. The van der Waals surface area contributed by atoms with E-state index >= 15 is 0 Å². The predicted octanol–water partition coefficient (Wildman–Crippen LogP) is 11.0. The molecule has 0 N–H and O–H groups in total. The highest BCUT2D eigenvalue weighted by Crippen LogP contribution is 2.53. The van der Waals surface area contributed by atoms with Crippen molar-refractivity contribution in [1.29, 1.82) is 0 Å². The molecule has 5 aromatic heterocycles. The zero-order valence-electron chi connectivity index (χ0n) is 31.4. The van der Waals surface area contributed by atoms with Gasteiger partial charge in [0, 0.05) is 35.8 Å². The number of rotatable bonds is 8. The molecule has 0 aliphatic heterocycles. The molecule has 0 bridgehead atoms. The third-order valence-electron chi connectivity index (χ3n) is 12.7. The van der Waals surface area contributed by atoms with Crippen LogP contribution < -0.4 is 0 Å². The van der Waals surface area contributed by atoms with Gasteiger partial charge in [-0.2, -0.15) is 0 Å². The van der Waals surface area contributed by atoms with Crippen molar-refractivity contribution in [3.8, 4) is 0 Å². The fraction of sp³-hybridized carbons (Fsp3) is 0.561. The summed E-state index contributed by atoms with van der Waals surface area (Å²) in [7, 11) is 0. The quantitative estimate of drug-likeness (QED) is 0.156. The molecule has 0 aromatic carbocycles. The number of hydrogen-bond donors (Lipinski definition) is 0. The summed E-state index contributed by atoms with van der Waals surface area (Å²) in [5.41, 5.74) is 3.94. The van der Waals surface area contributed by atoms with E-state index in [0.29, 0.717) is 16.4 Å². The van der Waals surface area contributed by atoms with Gasteiger partial charge in [-0.05, 0) is 70.4 Å². The minimum absolute atomic E-state index is 0.0530. The molecule has 0 amide bonds. The van der Waals surface area contributed by atoms with Crippen LogP contribution in [0, 0.1) is 29.6 Å². The lowest BCUT2D eigenvalue weighted by atomic mass is 9.75. The predicted molar refractivity (Wildman–Crippen MR) is 216 cm³/mol. The number of fused-ring (bicyclic) bond motifs is 9. The summed E-state index contributed by atoms with van der Waals surface area (Å²) in [6.45, 7) is 10.5. The first-order valence-electron chi connectivity index (χ1n) is 19.6. The maximum absolute atomic E-state index is 14.6. The second-order valence-corrected chi connectivity index (χ2v) is 19.4. The Bertz CT molecular complexity index is 2290. The number of carbonyl (C=O) groups is 4. The summed E-state index contributed by atoms with van der Waals surface area (Å²) >= 11 is 4.55. The highest BCUT2D eigenvalue weighted by atomic mass is 32.1. The van der Waals surface area contributed by atoms with Crippen LogP contribution in [0.3, 0.4) is 0 Å². The maximum Gasteiger partial charge on any atom is 0.188 e. The Balaban J connectivity index is 1.19. The molecule has 290 valence electrons. The van der Waals surface area contributed by atoms with E-state index in [4.69, 9.17) is 4.99 Å². The Hall–Kier alpha value is -3.49. The molecule has 5 aromatic rings. The van der Waals surface area contributed by atoms with Gasteiger partial charge >= 0.3 is 0 Å². The van der Waals surface area contributed by atoms with Crippen molar-refractivity contribution < 1.29 is 32.3 Å². The van der Waals surface area contributed by atoms with Crippen molar-refractivity contribution in [2.75, 3.05) is 0 Å². The number of carbonyl (C=O) groups excluding carboxylic acids is 4. The van der Waals surface area contributed by atoms with Crippen molar-refractivity contribution in [3.63, 3.8) is 0 Å². The van der Waals surface area contributed by atoms with Crippen LogP contribution in [0.2, 0.25) is 0 Å². The number of alkyl halides is 3. The van der Waals surface area contributed by atoms with Crippen molar-refractivity contribution in [2.45, 2.75) is 117 Å². The fourth-order valence-electron chi connectivity index (χ4n) is 9.96. The zero-order chi connectivity index (χ0) is 38.8. The van der Waals surface area contributed by atoms with Crippen LogP contribution in [0.4, 0.5) is 23.2 Å². The van der Waals surface area contributed by atoms with Crippen LogP contribution in [0.1, 0.15) is 98.1 Å². The third-order valence-corrected chi connectivity index (χ3v) is 16.3. The SMILES string of the molecule is CCCC(C)n1c2cc(N=C3C(=O)C4CC(C)C(F)CC4C3=O)sc2c2sc3c4sc(N=C5C(=O)C6CC(F)C(F)CC6C5=O)cc4n(C(C)CCC)c3c21. The topological polar surface area (TPSA) is 103 Å². The van der Waals surface area contributed by atoms with Crippen molar-refractivity contribution in [3.05, 3.63) is 12.1 Å². The molecule has 4 fully saturated rings. The first-order valence-corrected chi connectivity index (χ1v) is 22.1. The van der Waals surface area contributed by atoms with E-state index < -0.39 is 53.8 Å². The van der Waals surface area contributed by atoms with Gasteiger partial charge < -0.3 is 9.13 Å². The summed E-state index contributed by atoms with van der Waals surface area (Å²) in [6.07, 6.45) is -0.987. The molecule has 4 aliphatic rings. The molecule has 0 spiro atoms. The van der Waals surface area contributed by atoms with Crippen molar-refractivity contribution in [2.24, 2.45) is 39.6 Å². The van der Waals surface area contributed by atoms with E-state index in [1.807, 2.05) is 12.1 Å². The Morgan fingerprint density at radius 1 is 0.618 bits per heavy atom. The summed E-state index contributed by atoms with van der Waals surface area (Å²) in [4.78, 5) is 62.9. The number of hydrogen-bond acceptors (Lipinski definition) is 9. The van der Waals surface area contributed by atoms with Crippen molar-refractivity contribution >= 4 is 119 Å². The lowest BCUT2D eigenvalue weighted by Gasteiger charge is -2.30. The summed E-state index contributed by atoms with van der Waals surface area (Å²) in [5.74, 6) is -4.71. The van der Waals surface area contributed by atoms with Gasteiger partial charge in [-0.3, -0.25) is 19.2 Å². The average Bonchev–Trinajstić information content (AvgIpc) is 3.99. The Labute approximate surface area is 327 Å². The smallest absolute Gasteiger partial charge is 0.188 e. The third kappa shape index (κ3) is 5.54. The van der Waals surface area contributed by atoms with E-state index in [-0.39, 0.29) is 60.3 Å². The molecular weight excluding hydrogens is 766 g/mol. The standard InChI is InChI=1S/C41H43F3N4O4S3/c1-6-8-17(4)47-26-14-28(45-30-34(49)19-10-16(3)23(42)11-20(19)35(30)50)53-38(26)40-32(47)33-41(55-40)39-27(48(33)18(5)9-7-2)15-29(54-39)46-31-36(51)21-12-24(43)25(44)13-22(21)37(31)52/h14-25H,6-13H2,1-5H3. The van der Waals surface area contributed by atoms with Gasteiger partial charge in [0.25, 0.3) is 0 Å². The molecule has 0 saturated heterocycles. The second kappa shape index (κ2) is 13.6. The van der Waals surface area contributed by atoms with E-state index in [2.05, 4.69) is 41.8 Å². The number of nitrogens with zero attached hydrogens (tertiary/aromatic N) is 4. The molecular formula is C41H43F3N4O4S3. The molecule has 4 saturated carbocycles. The monoisotopic (exact) mass is 808 g/mol. The fourth-order valence-corrected chi connectivity index (χ4v) is 13.6. The number of thiophene rings is 3. The van der Waals surface area contributed by atoms with Gasteiger partial charge in [0.15, 0.2) is 34.6 Å². The lowest BCUT2D eigenvalue weighted by Crippen LogP contribution is -2.35. The van der Waals surface area contributed by atoms with Gasteiger partial charge in [-0.1, -0.05) is 33.6 Å². The summed E-state index contributed by atoms with van der Waals surface area (Å²) in [5, 5.41) is 1.08. The molecule has 5 heterocycles. The minimum Gasteiger partial charge on any atom is -0.334 e. The van der Waals surface area contributed by atoms with Gasteiger partial charge in [0.2, 0.25) is 0 Å². The van der Waals surface area contributed by atoms with Crippen LogP contribution in [-0.2, 0) is 19.2 Å². The first kappa shape index (κ1) is 37.1.